The van der Waals surface area contributed by atoms with Crippen LogP contribution in [0, 0.1) is 11.8 Å². The standard InChI is InChI=1S/C18H25N5O/c1-12-8-7-11-16(13(12)2)19-18(24)14(3)23-21-17(20-22-23)15-9-5-4-6-10-15/h4-6,9-10,12-14,16H,7-8,11H2,1-3H3,(H,19,24). The maximum Gasteiger partial charge on any atom is 0.246 e. The van der Waals surface area contributed by atoms with Gasteiger partial charge >= 0.3 is 0 Å². The molecular formula is C18H25N5O. The molecule has 1 aromatic carbocycles. The molecule has 1 aromatic heterocycles. The van der Waals surface area contributed by atoms with Crippen LogP contribution in [0.1, 0.15) is 46.1 Å². The molecule has 1 N–H and O–H groups in total. The molecule has 4 atom stereocenters. The molecule has 3 rings (SSSR count). The van der Waals surface area contributed by atoms with Crippen molar-refractivity contribution < 1.29 is 4.79 Å². The van der Waals surface area contributed by atoms with E-state index in [9.17, 15) is 4.79 Å². The molecule has 24 heavy (non-hydrogen) atoms. The lowest BCUT2D eigenvalue weighted by atomic mass is 9.78. The average Bonchev–Trinajstić information content (AvgIpc) is 3.09. The predicted octanol–water partition coefficient (Wildman–Crippen LogP) is 2.84. The Labute approximate surface area is 142 Å². The Hall–Kier alpha value is -2.24. The number of amides is 1. The summed E-state index contributed by atoms with van der Waals surface area (Å²) in [6, 6.07) is 9.42. The number of carbonyl (C=O) groups is 1. The summed E-state index contributed by atoms with van der Waals surface area (Å²) in [6.45, 7) is 6.29. The summed E-state index contributed by atoms with van der Waals surface area (Å²) in [5, 5.41) is 15.7. The van der Waals surface area contributed by atoms with Gasteiger partial charge in [-0.3, -0.25) is 4.79 Å². The fourth-order valence-electron chi connectivity index (χ4n) is 3.29. The van der Waals surface area contributed by atoms with Crippen molar-refractivity contribution in [1.29, 1.82) is 0 Å². The largest absolute Gasteiger partial charge is 0.351 e. The highest BCUT2D eigenvalue weighted by Gasteiger charge is 2.30. The molecule has 6 heteroatoms. The van der Waals surface area contributed by atoms with Crippen LogP contribution in [0.5, 0.6) is 0 Å². The van der Waals surface area contributed by atoms with Gasteiger partial charge in [-0.25, -0.2) is 0 Å². The molecule has 0 radical (unpaired) electrons. The van der Waals surface area contributed by atoms with E-state index in [2.05, 4.69) is 34.6 Å². The summed E-state index contributed by atoms with van der Waals surface area (Å²) in [6.07, 6.45) is 3.46. The van der Waals surface area contributed by atoms with Crippen molar-refractivity contribution in [2.24, 2.45) is 11.8 Å². The lowest BCUT2D eigenvalue weighted by molar-refractivity contribution is -0.126. The molecular weight excluding hydrogens is 302 g/mol. The molecule has 1 heterocycles. The first kappa shape index (κ1) is 16.6. The van der Waals surface area contributed by atoms with Crippen molar-refractivity contribution in [3.63, 3.8) is 0 Å². The Morgan fingerprint density at radius 1 is 1.25 bits per heavy atom. The molecule has 0 bridgehead atoms. The zero-order chi connectivity index (χ0) is 17.1. The number of hydrogen-bond acceptors (Lipinski definition) is 4. The molecule has 1 amide bonds. The van der Waals surface area contributed by atoms with Crippen LogP contribution in [-0.2, 0) is 4.79 Å². The number of carbonyl (C=O) groups excluding carboxylic acids is 1. The fraction of sp³-hybridized carbons (Fsp3) is 0.556. The van der Waals surface area contributed by atoms with Crippen LogP contribution in [0.4, 0.5) is 0 Å². The molecule has 4 unspecified atom stereocenters. The van der Waals surface area contributed by atoms with E-state index in [4.69, 9.17) is 0 Å². The number of rotatable bonds is 4. The van der Waals surface area contributed by atoms with Crippen molar-refractivity contribution in [3.05, 3.63) is 30.3 Å². The van der Waals surface area contributed by atoms with Crippen molar-refractivity contribution in [2.75, 3.05) is 0 Å². The van der Waals surface area contributed by atoms with Crippen LogP contribution >= 0.6 is 0 Å². The molecule has 1 fully saturated rings. The minimum absolute atomic E-state index is 0.0436. The van der Waals surface area contributed by atoms with E-state index in [1.807, 2.05) is 37.3 Å². The van der Waals surface area contributed by atoms with Gasteiger partial charge in [0.15, 0.2) is 0 Å². The highest BCUT2D eigenvalue weighted by Crippen LogP contribution is 2.29. The summed E-state index contributed by atoms with van der Waals surface area (Å²) in [5.41, 5.74) is 0.895. The highest BCUT2D eigenvalue weighted by molar-refractivity contribution is 5.80. The van der Waals surface area contributed by atoms with Crippen molar-refractivity contribution in [3.8, 4) is 11.4 Å². The van der Waals surface area contributed by atoms with Gasteiger partial charge in [0, 0.05) is 11.6 Å². The maximum atomic E-state index is 12.6. The molecule has 1 aliphatic rings. The quantitative estimate of drug-likeness (QED) is 0.937. The van der Waals surface area contributed by atoms with Crippen LogP contribution in [0.25, 0.3) is 11.4 Å². The van der Waals surface area contributed by atoms with Crippen molar-refractivity contribution >= 4 is 5.91 Å². The molecule has 1 aliphatic carbocycles. The number of nitrogens with zero attached hydrogens (tertiary/aromatic N) is 4. The second kappa shape index (κ2) is 7.11. The van der Waals surface area contributed by atoms with Crippen LogP contribution < -0.4 is 5.32 Å². The Morgan fingerprint density at radius 2 is 2.00 bits per heavy atom. The lowest BCUT2D eigenvalue weighted by Crippen LogP contribution is -2.46. The Balaban J connectivity index is 1.67. The number of benzene rings is 1. The monoisotopic (exact) mass is 327 g/mol. The smallest absolute Gasteiger partial charge is 0.246 e. The number of tetrazole rings is 1. The fourth-order valence-corrected chi connectivity index (χ4v) is 3.29. The molecule has 0 saturated heterocycles. The average molecular weight is 327 g/mol. The van der Waals surface area contributed by atoms with Gasteiger partial charge < -0.3 is 5.32 Å². The summed E-state index contributed by atoms with van der Waals surface area (Å²) in [5.74, 6) is 1.64. The van der Waals surface area contributed by atoms with E-state index in [0.717, 1.165) is 12.0 Å². The first-order valence-corrected chi connectivity index (χ1v) is 8.71. The zero-order valence-corrected chi connectivity index (χ0v) is 14.5. The number of nitrogens with one attached hydrogen (secondary N) is 1. The topological polar surface area (TPSA) is 72.7 Å². The number of hydrogen-bond donors (Lipinski definition) is 1. The van der Waals surface area contributed by atoms with E-state index < -0.39 is 6.04 Å². The molecule has 0 spiro atoms. The van der Waals surface area contributed by atoms with Crippen molar-refractivity contribution in [2.45, 2.75) is 52.1 Å². The second-order valence-electron chi connectivity index (χ2n) is 6.86. The third-order valence-electron chi connectivity index (χ3n) is 5.22. The van der Waals surface area contributed by atoms with Crippen LogP contribution in [0.15, 0.2) is 30.3 Å². The summed E-state index contributed by atoms with van der Waals surface area (Å²) in [7, 11) is 0. The molecule has 6 nitrogen and oxygen atoms in total. The van der Waals surface area contributed by atoms with Crippen LogP contribution in [0.3, 0.4) is 0 Å². The first-order chi connectivity index (χ1) is 11.6. The third-order valence-corrected chi connectivity index (χ3v) is 5.22. The summed E-state index contributed by atoms with van der Waals surface area (Å²) in [4.78, 5) is 14.0. The van der Waals surface area contributed by atoms with E-state index in [0.29, 0.717) is 17.7 Å². The van der Waals surface area contributed by atoms with Gasteiger partial charge in [0.25, 0.3) is 0 Å². The zero-order valence-electron chi connectivity index (χ0n) is 14.5. The highest BCUT2D eigenvalue weighted by atomic mass is 16.2. The summed E-state index contributed by atoms with van der Waals surface area (Å²) < 4.78 is 0. The van der Waals surface area contributed by atoms with Crippen LogP contribution in [0.2, 0.25) is 0 Å². The molecule has 1 saturated carbocycles. The maximum absolute atomic E-state index is 12.6. The second-order valence-corrected chi connectivity index (χ2v) is 6.86. The first-order valence-electron chi connectivity index (χ1n) is 8.71. The van der Waals surface area contributed by atoms with Gasteiger partial charge in [-0.1, -0.05) is 57.0 Å². The van der Waals surface area contributed by atoms with Gasteiger partial charge in [-0.05, 0) is 30.4 Å². The van der Waals surface area contributed by atoms with Gasteiger partial charge in [0.1, 0.15) is 6.04 Å². The Bertz CT molecular complexity index is 684. The van der Waals surface area contributed by atoms with E-state index >= 15 is 0 Å². The van der Waals surface area contributed by atoms with E-state index in [1.54, 1.807) is 0 Å². The van der Waals surface area contributed by atoms with Gasteiger partial charge in [-0.2, -0.15) is 4.80 Å². The minimum atomic E-state index is -0.473. The lowest BCUT2D eigenvalue weighted by Gasteiger charge is -2.35. The van der Waals surface area contributed by atoms with Gasteiger partial charge in [0.2, 0.25) is 11.7 Å². The number of aromatic nitrogens is 4. The minimum Gasteiger partial charge on any atom is -0.351 e. The molecule has 128 valence electrons. The molecule has 2 aromatic rings. The summed E-state index contributed by atoms with van der Waals surface area (Å²) >= 11 is 0. The normalized spacial score (nSPS) is 25.2. The van der Waals surface area contributed by atoms with Gasteiger partial charge in [-0.15, -0.1) is 10.2 Å². The van der Waals surface area contributed by atoms with Gasteiger partial charge in [0.05, 0.1) is 0 Å². The third kappa shape index (κ3) is 3.47. The van der Waals surface area contributed by atoms with Crippen LogP contribution in [-0.4, -0.2) is 32.2 Å². The van der Waals surface area contributed by atoms with E-state index in [-0.39, 0.29) is 11.9 Å². The Kier molecular flexibility index (Phi) is 4.92. The molecule has 0 aliphatic heterocycles. The Morgan fingerprint density at radius 3 is 2.75 bits per heavy atom. The van der Waals surface area contributed by atoms with E-state index in [1.165, 1.54) is 17.6 Å². The SMILES string of the molecule is CC1CCCC(NC(=O)C(C)n2nnc(-c3ccccc3)n2)C1C. The van der Waals surface area contributed by atoms with Crippen molar-refractivity contribution in [1.82, 2.24) is 25.5 Å². The predicted molar refractivity (Wildman–Crippen MR) is 92.1 cm³/mol.